The summed E-state index contributed by atoms with van der Waals surface area (Å²) in [6.07, 6.45) is 1.57. The highest BCUT2D eigenvalue weighted by atomic mass is 16.5. The van der Waals surface area contributed by atoms with Gasteiger partial charge in [-0.15, -0.1) is 0 Å². The number of ketones is 1. The number of Topliss-reactive ketones (excluding diaryl/α,β-unsaturated/α-hetero) is 1. The van der Waals surface area contributed by atoms with Gasteiger partial charge in [-0.05, 0) is 41.8 Å². The average molecular weight is 428 g/mol. The van der Waals surface area contributed by atoms with Gasteiger partial charge in [0.05, 0.1) is 20.8 Å². The van der Waals surface area contributed by atoms with Crippen LogP contribution in [0.2, 0.25) is 0 Å². The molecule has 2 aromatic carbocycles. The molecule has 0 saturated heterocycles. The van der Waals surface area contributed by atoms with Crippen LogP contribution in [0, 0.1) is 6.57 Å². The Balaban J connectivity index is 1.96. The molecule has 1 heterocycles. The van der Waals surface area contributed by atoms with E-state index >= 15 is 0 Å². The van der Waals surface area contributed by atoms with E-state index in [-0.39, 0.29) is 18.2 Å². The maximum absolute atomic E-state index is 12.7. The Kier molecular flexibility index (Phi) is 6.86. The number of nitrogens with zero attached hydrogens (tertiary/aromatic N) is 3. The summed E-state index contributed by atoms with van der Waals surface area (Å²) >= 11 is 0. The van der Waals surface area contributed by atoms with Crippen LogP contribution in [0.3, 0.4) is 0 Å². The predicted octanol–water partition coefficient (Wildman–Crippen LogP) is 4.29. The van der Waals surface area contributed by atoms with Crippen molar-refractivity contribution in [3.63, 3.8) is 0 Å². The fourth-order valence-electron chi connectivity index (χ4n) is 3.35. The molecule has 0 spiro atoms. The quantitative estimate of drug-likeness (QED) is 0.262. The van der Waals surface area contributed by atoms with E-state index in [0.717, 1.165) is 22.4 Å². The monoisotopic (exact) mass is 428 g/mol. The second-order valence-electron chi connectivity index (χ2n) is 7.27. The van der Waals surface area contributed by atoms with Crippen molar-refractivity contribution in [2.45, 2.75) is 18.9 Å². The maximum Gasteiger partial charge on any atom is 0.282 e. The Bertz CT molecular complexity index is 1170. The van der Waals surface area contributed by atoms with Gasteiger partial charge in [0.25, 0.3) is 6.02 Å². The van der Waals surface area contributed by atoms with Crippen LogP contribution in [-0.2, 0) is 16.7 Å². The van der Waals surface area contributed by atoms with Crippen LogP contribution in [0.4, 0.5) is 5.69 Å². The van der Waals surface area contributed by atoms with Crippen molar-refractivity contribution in [2.75, 3.05) is 14.2 Å². The number of hydrogen-bond acceptors (Lipinski definition) is 5. The fraction of sp³-hybridized carbons (Fsp3) is 0.200. The standard InChI is InChI=1S/C25H24N4O3/c1-25(29-24(26)32-4,18-8-11-21(31-3)12-9-18)19-7-5-6-17(14-19)15-23(30)22-13-10-20(27-2)16-28-22/h5-14,16H,15H2,1,3-4H3,(H2,26,29). The van der Waals surface area contributed by atoms with Gasteiger partial charge in [-0.25, -0.2) is 9.84 Å². The first-order valence-electron chi connectivity index (χ1n) is 9.89. The zero-order valence-corrected chi connectivity index (χ0v) is 18.2. The molecule has 7 nitrogen and oxygen atoms in total. The predicted molar refractivity (Wildman–Crippen MR) is 123 cm³/mol. The molecule has 32 heavy (non-hydrogen) atoms. The summed E-state index contributed by atoms with van der Waals surface area (Å²) in [6, 6.07) is 18.4. The number of nitrogens with two attached hydrogens (primary N) is 1. The fourth-order valence-corrected chi connectivity index (χ4v) is 3.35. The lowest BCUT2D eigenvalue weighted by Gasteiger charge is -2.27. The molecule has 0 aliphatic heterocycles. The van der Waals surface area contributed by atoms with E-state index in [1.807, 2.05) is 55.5 Å². The molecule has 0 aliphatic rings. The second-order valence-corrected chi connectivity index (χ2v) is 7.27. The Morgan fingerprint density at radius 2 is 1.88 bits per heavy atom. The third-order valence-electron chi connectivity index (χ3n) is 5.21. The van der Waals surface area contributed by atoms with Crippen LogP contribution in [-0.4, -0.2) is 31.0 Å². The van der Waals surface area contributed by atoms with E-state index in [0.29, 0.717) is 11.4 Å². The van der Waals surface area contributed by atoms with Crippen LogP contribution in [0.15, 0.2) is 71.9 Å². The molecule has 0 aliphatic carbocycles. The van der Waals surface area contributed by atoms with Crippen LogP contribution in [0.5, 0.6) is 5.75 Å². The van der Waals surface area contributed by atoms with Crippen molar-refractivity contribution in [3.05, 3.63) is 101 Å². The van der Waals surface area contributed by atoms with E-state index in [1.54, 1.807) is 19.2 Å². The first-order chi connectivity index (χ1) is 15.4. The third kappa shape index (κ3) is 4.93. The molecule has 0 saturated carbocycles. The highest BCUT2D eigenvalue weighted by molar-refractivity contribution is 5.96. The second kappa shape index (κ2) is 9.75. The van der Waals surface area contributed by atoms with Gasteiger partial charge in [-0.2, -0.15) is 0 Å². The summed E-state index contributed by atoms with van der Waals surface area (Å²) in [7, 11) is 3.08. The number of carbonyl (C=O) groups excluding carboxylic acids is 1. The first kappa shape index (κ1) is 22.5. The smallest absolute Gasteiger partial charge is 0.282 e. The lowest BCUT2D eigenvalue weighted by molar-refractivity contribution is 0.0988. The van der Waals surface area contributed by atoms with Crippen molar-refractivity contribution >= 4 is 17.5 Å². The first-order valence-corrected chi connectivity index (χ1v) is 9.89. The Labute approximate surface area is 187 Å². The van der Waals surface area contributed by atoms with Gasteiger partial charge >= 0.3 is 0 Å². The van der Waals surface area contributed by atoms with Crippen LogP contribution in [0.1, 0.15) is 34.1 Å². The Hall–Kier alpha value is -4.18. The number of carbonyl (C=O) groups is 1. The van der Waals surface area contributed by atoms with E-state index in [2.05, 4.69) is 14.8 Å². The number of benzene rings is 2. The average Bonchev–Trinajstić information content (AvgIpc) is 2.84. The number of pyridine rings is 1. The molecule has 3 aromatic rings. The van der Waals surface area contributed by atoms with E-state index in [9.17, 15) is 4.79 Å². The summed E-state index contributed by atoms with van der Waals surface area (Å²) in [6.45, 7) is 8.94. The number of methoxy groups -OCH3 is 2. The van der Waals surface area contributed by atoms with E-state index < -0.39 is 5.54 Å². The highest BCUT2D eigenvalue weighted by Gasteiger charge is 2.30. The topological polar surface area (TPSA) is 91.2 Å². The van der Waals surface area contributed by atoms with Crippen molar-refractivity contribution in [1.82, 2.24) is 4.98 Å². The zero-order valence-electron chi connectivity index (χ0n) is 18.2. The molecular formula is C25H24N4O3. The molecule has 162 valence electrons. The molecule has 1 unspecified atom stereocenters. The minimum Gasteiger partial charge on any atom is -0.497 e. The molecule has 1 atom stereocenters. The number of aliphatic imine (C=N–C) groups is 1. The molecule has 1 aromatic heterocycles. The Morgan fingerprint density at radius 3 is 2.47 bits per heavy atom. The van der Waals surface area contributed by atoms with Crippen LogP contribution < -0.4 is 10.5 Å². The minimum atomic E-state index is -0.846. The molecule has 0 amide bonds. The van der Waals surface area contributed by atoms with E-state index in [1.165, 1.54) is 13.3 Å². The molecule has 0 radical (unpaired) electrons. The lowest BCUT2D eigenvalue weighted by atomic mass is 9.84. The van der Waals surface area contributed by atoms with Gasteiger partial charge < -0.3 is 15.2 Å². The van der Waals surface area contributed by atoms with Crippen molar-refractivity contribution < 1.29 is 14.3 Å². The molecule has 7 heteroatoms. The highest BCUT2D eigenvalue weighted by Crippen LogP contribution is 2.35. The van der Waals surface area contributed by atoms with Gasteiger partial charge in [-0.3, -0.25) is 9.78 Å². The largest absolute Gasteiger partial charge is 0.497 e. The number of rotatable bonds is 7. The molecule has 0 bridgehead atoms. The molecule has 0 fully saturated rings. The van der Waals surface area contributed by atoms with Crippen LogP contribution in [0.25, 0.3) is 4.85 Å². The van der Waals surface area contributed by atoms with E-state index in [4.69, 9.17) is 21.8 Å². The number of hydrogen-bond donors (Lipinski definition) is 1. The minimum absolute atomic E-state index is 0.0499. The van der Waals surface area contributed by atoms with Crippen molar-refractivity contribution in [1.29, 1.82) is 0 Å². The molecular weight excluding hydrogens is 404 g/mol. The van der Waals surface area contributed by atoms with Crippen LogP contribution >= 0.6 is 0 Å². The maximum atomic E-state index is 12.7. The van der Waals surface area contributed by atoms with Gasteiger partial charge in [0.1, 0.15) is 17.0 Å². The number of aromatic nitrogens is 1. The Morgan fingerprint density at radius 1 is 1.12 bits per heavy atom. The number of amidine groups is 1. The normalized spacial score (nSPS) is 13.0. The lowest BCUT2D eigenvalue weighted by Crippen LogP contribution is -2.27. The zero-order chi connectivity index (χ0) is 23.1. The third-order valence-corrected chi connectivity index (χ3v) is 5.21. The van der Waals surface area contributed by atoms with Gasteiger partial charge in [0, 0.05) is 12.6 Å². The van der Waals surface area contributed by atoms with Crippen molar-refractivity contribution in [3.8, 4) is 5.75 Å². The SMILES string of the molecule is [C-]#[N+]c1ccc(C(=O)Cc2cccc(C(C)(N=C(N)OC)c3ccc(OC)cc3)c2)nc1. The summed E-state index contributed by atoms with van der Waals surface area (Å²) in [5.41, 5.74) is 8.35. The summed E-state index contributed by atoms with van der Waals surface area (Å²) in [5, 5.41) is 0. The summed E-state index contributed by atoms with van der Waals surface area (Å²) < 4.78 is 10.4. The van der Waals surface area contributed by atoms with Crippen molar-refractivity contribution in [2.24, 2.45) is 10.7 Å². The van der Waals surface area contributed by atoms with Gasteiger partial charge in [0.15, 0.2) is 5.78 Å². The molecule has 3 rings (SSSR count). The number of ether oxygens (including phenoxy) is 2. The van der Waals surface area contributed by atoms with Gasteiger partial charge in [-0.1, -0.05) is 42.5 Å². The molecule has 2 N–H and O–H groups in total. The summed E-state index contributed by atoms with van der Waals surface area (Å²) in [5.74, 6) is 0.598. The van der Waals surface area contributed by atoms with Gasteiger partial charge in [0.2, 0.25) is 5.69 Å². The summed E-state index contributed by atoms with van der Waals surface area (Å²) in [4.78, 5) is 24.7.